The van der Waals surface area contributed by atoms with Crippen LogP contribution in [0.1, 0.15) is 0 Å². The Balaban J connectivity index is 0.000000180. The zero-order valence-electron chi connectivity index (χ0n) is 5.18. The second-order valence-electron chi connectivity index (χ2n) is 1.32. The van der Waals surface area contributed by atoms with Gasteiger partial charge in [-0.05, 0) is 8.86 Å². The topological polar surface area (TPSA) is 48.8 Å². The van der Waals surface area contributed by atoms with E-state index in [0.717, 1.165) is 0 Å². The summed E-state index contributed by atoms with van der Waals surface area (Å²) >= 11 is 1.56. The van der Waals surface area contributed by atoms with Gasteiger partial charge in [0.1, 0.15) is 0 Å². The summed E-state index contributed by atoms with van der Waals surface area (Å²) in [5.41, 5.74) is 7.33. The highest BCUT2D eigenvalue weighted by Gasteiger charge is 1.57. The van der Waals surface area contributed by atoms with E-state index < -0.39 is 0 Å². The summed E-state index contributed by atoms with van der Waals surface area (Å²) in [6.07, 6.45) is 0. The molecular weight excluding hydrogens is 241 g/mol. The van der Waals surface area contributed by atoms with Gasteiger partial charge in [-0.25, -0.2) is 0 Å². The normalized spacial score (nSPS) is 6.50. The van der Waals surface area contributed by atoms with Crippen LogP contribution in [0.25, 0.3) is 10.4 Å². The molecule has 0 amide bonds. The third kappa shape index (κ3) is 7.26. The quantitative estimate of drug-likeness (QED) is 0.292. The minimum atomic E-state index is 1.56. The number of azide groups is 1. The molecule has 0 spiro atoms. The Kier molecular flexibility index (Phi) is 7.65. The van der Waals surface area contributed by atoms with Crippen molar-refractivity contribution in [1.82, 2.24) is 0 Å². The van der Waals surface area contributed by atoms with Crippen LogP contribution in [-0.4, -0.2) is 0 Å². The first kappa shape index (κ1) is 9.26. The molecule has 0 bridgehead atoms. The van der Waals surface area contributed by atoms with E-state index >= 15 is 0 Å². The third-order valence-corrected chi connectivity index (χ3v) is 0.893. The summed E-state index contributed by atoms with van der Waals surface area (Å²) < 4.78 is 2.89. The summed E-state index contributed by atoms with van der Waals surface area (Å²) in [5, 5.41) is 0. The maximum absolute atomic E-state index is 7.33. The summed E-state index contributed by atoms with van der Waals surface area (Å²) in [5.74, 6) is 0. The van der Waals surface area contributed by atoms with Crippen molar-refractivity contribution in [2.45, 2.75) is 0 Å². The number of halogens is 1. The highest BCUT2D eigenvalue weighted by atomic mass is 127. The molecule has 0 N–H and O–H groups in total. The fourth-order valence-corrected chi connectivity index (χ4v) is 0.385. The largest absolute Gasteiger partial charge is 0.0623 e. The van der Waals surface area contributed by atoms with Crippen molar-refractivity contribution < 1.29 is 0 Å². The molecule has 0 unspecified atom stereocenters. The molecule has 3 nitrogen and oxygen atoms in total. The van der Waals surface area contributed by atoms with Crippen LogP contribution >= 0.6 is 22.9 Å². The second kappa shape index (κ2) is 8.26. The standard InChI is InChI=1S/C6H6.IN3/c1-2-4-6-5-3-1;1-3-4-2/h1-6H;. The summed E-state index contributed by atoms with van der Waals surface area (Å²) in [7, 11) is 0. The predicted molar refractivity (Wildman–Crippen MR) is 49.6 cm³/mol. The molecule has 0 aliphatic heterocycles. The van der Waals surface area contributed by atoms with Gasteiger partial charge in [-0.2, -0.15) is 0 Å². The maximum atomic E-state index is 7.33. The number of benzene rings is 1. The van der Waals surface area contributed by atoms with E-state index in [9.17, 15) is 0 Å². The maximum Gasteiger partial charge on any atom is 0.0226 e. The SMILES string of the molecule is [N-]=[N+]=NI.c1ccccc1. The first-order chi connectivity index (χ1) is 4.91. The molecule has 0 heterocycles. The Bertz CT molecular complexity index is 167. The number of rotatable bonds is 0. The highest BCUT2D eigenvalue weighted by molar-refractivity contribution is 14.1. The first-order valence-electron chi connectivity index (χ1n) is 2.57. The van der Waals surface area contributed by atoms with Gasteiger partial charge in [-0.1, -0.05) is 36.4 Å². The molecule has 0 atom stereocenters. The average molecular weight is 247 g/mol. The second-order valence-corrected chi connectivity index (χ2v) is 1.75. The molecule has 1 rings (SSSR count). The van der Waals surface area contributed by atoms with Crippen LogP contribution in [-0.2, 0) is 0 Å². The van der Waals surface area contributed by atoms with Gasteiger partial charge in [-0.3, -0.25) is 0 Å². The average Bonchev–Trinajstić information content (AvgIpc) is 2.08. The molecule has 10 heavy (non-hydrogen) atoms. The molecule has 1 aromatic carbocycles. The Morgan fingerprint density at radius 3 is 1.30 bits per heavy atom. The molecule has 52 valence electrons. The van der Waals surface area contributed by atoms with Gasteiger partial charge in [0.2, 0.25) is 0 Å². The molecule has 0 saturated heterocycles. The monoisotopic (exact) mass is 247 g/mol. The lowest BCUT2D eigenvalue weighted by molar-refractivity contribution is 1.72. The van der Waals surface area contributed by atoms with Gasteiger partial charge >= 0.3 is 0 Å². The Labute approximate surface area is 73.2 Å². The van der Waals surface area contributed by atoms with E-state index in [2.05, 4.69) is 8.24 Å². The lowest BCUT2D eigenvalue weighted by Crippen LogP contribution is -1.47. The Morgan fingerprint density at radius 1 is 1.00 bits per heavy atom. The van der Waals surface area contributed by atoms with Gasteiger partial charge in [0.25, 0.3) is 0 Å². The lowest BCUT2D eigenvalue weighted by Gasteiger charge is -1.69. The van der Waals surface area contributed by atoms with Gasteiger partial charge in [0, 0.05) is 27.8 Å². The molecule has 0 radical (unpaired) electrons. The van der Waals surface area contributed by atoms with Crippen LogP contribution < -0.4 is 0 Å². The molecule has 4 heteroatoms. The first-order valence-corrected chi connectivity index (χ1v) is 3.53. The molecule has 0 aromatic heterocycles. The molecule has 0 fully saturated rings. The van der Waals surface area contributed by atoms with E-state index in [1.165, 1.54) is 0 Å². The molecule has 0 aliphatic carbocycles. The molecule has 1 aromatic rings. The zero-order valence-corrected chi connectivity index (χ0v) is 7.34. The van der Waals surface area contributed by atoms with E-state index in [4.69, 9.17) is 5.53 Å². The minimum absolute atomic E-state index is 1.56. The van der Waals surface area contributed by atoms with Gasteiger partial charge in [0.05, 0.1) is 0 Å². The van der Waals surface area contributed by atoms with E-state index in [1.807, 2.05) is 36.4 Å². The van der Waals surface area contributed by atoms with Crippen LogP contribution in [0.3, 0.4) is 0 Å². The fourth-order valence-electron chi connectivity index (χ4n) is 0.385. The number of hydrogen-bond acceptors (Lipinski definition) is 1. The summed E-state index contributed by atoms with van der Waals surface area (Å²) in [4.78, 5) is 2.35. The fraction of sp³-hybridized carbons (Fsp3) is 0. The van der Waals surface area contributed by atoms with Crippen LogP contribution in [0.15, 0.2) is 39.7 Å². The van der Waals surface area contributed by atoms with E-state index in [-0.39, 0.29) is 0 Å². The van der Waals surface area contributed by atoms with Crippen LogP contribution in [0.2, 0.25) is 0 Å². The van der Waals surface area contributed by atoms with Crippen molar-refractivity contribution >= 4 is 22.9 Å². The van der Waals surface area contributed by atoms with Crippen molar-refractivity contribution in [2.24, 2.45) is 3.33 Å². The Hall–Kier alpha value is -0.740. The van der Waals surface area contributed by atoms with Crippen molar-refractivity contribution in [2.75, 3.05) is 0 Å². The van der Waals surface area contributed by atoms with Crippen LogP contribution in [0.4, 0.5) is 0 Å². The third-order valence-electron chi connectivity index (χ3n) is 0.700. The van der Waals surface area contributed by atoms with Crippen molar-refractivity contribution in [3.8, 4) is 0 Å². The molecule has 0 aliphatic rings. The van der Waals surface area contributed by atoms with E-state index in [1.54, 1.807) is 22.9 Å². The van der Waals surface area contributed by atoms with E-state index in [0.29, 0.717) is 0 Å². The van der Waals surface area contributed by atoms with Gasteiger partial charge in [-0.15, -0.1) is 0 Å². The van der Waals surface area contributed by atoms with Crippen molar-refractivity contribution in [3.63, 3.8) is 0 Å². The highest BCUT2D eigenvalue weighted by Crippen LogP contribution is 1.79. The summed E-state index contributed by atoms with van der Waals surface area (Å²) in [6, 6.07) is 12.0. The molecule has 0 saturated carbocycles. The lowest BCUT2D eigenvalue weighted by atomic mass is 10.4. The minimum Gasteiger partial charge on any atom is -0.0623 e. The zero-order chi connectivity index (χ0) is 7.66. The van der Waals surface area contributed by atoms with Crippen molar-refractivity contribution in [3.05, 3.63) is 46.8 Å². The van der Waals surface area contributed by atoms with Gasteiger partial charge in [0.15, 0.2) is 0 Å². The van der Waals surface area contributed by atoms with Gasteiger partial charge < -0.3 is 0 Å². The smallest absolute Gasteiger partial charge is 0.0226 e. The Morgan fingerprint density at radius 2 is 1.20 bits per heavy atom. The summed E-state index contributed by atoms with van der Waals surface area (Å²) in [6.45, 7) is 0. The number of hydrogen-bond donors (Lipinski definition) is 0. The van der Waals surface area contributed by atoms with Crippen LogP contribution in [0.5, 0.6) is 0 Å². The van der Waals surface area contributed by atoms with Crippen molar-refractivity contribution in [1.29, 1.82) is 0 Å². The van der Waals surface area contributed by atoms with Crippen LogP contribution in [0, 0.1) is 0 Å². The predicted octanol–water partition coefficient (Wildman–Crippen LogP) is 3.33. The number of nitrogens with zero attached hydrogens (tertiary/aromatic N) is 3. The molecular formula is C6H6IN3.